The van der Waals surface area contributed by atoms with Gasteiger partial charge in [-0.05, 0) is 37.1 Å². The third kappa shape index (κ3) is 3.62. The second-order valence-corrected chi connectivity index (χ2v) is 6.72. The highest BCUT2D eigenvalue weighted by Gasteiger charge is 2.27. The molecule has 1 aliphatic rings. The van der Waals surface area contributed by atoms with E-state index in [4.69, 9.17) is 4.42 Å². The molecule has 3 heterocycles. The van der Waals surface area contributed by atoms with E-state index in [1.54, 1.807) is 29.2 Å². The van der Waals surface area contributed by atoms with Gasteiger partial charge in [0, 0.05) is 25.2 Å². The molecule has 1 atom stereocenters. The van der Waals surface area contributed by atoms with Crippen LogP contribution in [0.1, 0.15) is 33.9 Å². The maximum absolute atomic E-state index is 12.6. The van der Waals surface area contributed by atoms with E-state index in [2.05, 4.69) is 10.4 Å². The first-order chi connectivity index (χ1) is 13.6. The van der Waals surface area contributed by atoms with Crippen LogP contribution in [0.25, 0.3) is 5.69 Å². The van der Waals surface area contributed by atoms with Gasteiger partial charge < -0.3 is 14.6 Å². The van der Waals surface area contributed by atoms with Crippen molar-refractivity contribution in [2.24, 2.45) is 0 Å². The van der Waals surface area contributed by atoms with E-state index in [1.807, 2.05) is 18.2 Å². The van der Waals surface area contributed by atoms with Crippen molar-refractivity contribution in [1.29, 1.82) is 0 Å². The normalized spacial score (nSPS) is 16.7. The predicted molar refractivity (Wildman–Crippen MR) is 101 cm³/mol. The molecule has 8 heteroatoms. The molecule has 144 valence electrons. The molecular weight excluding hydrogens is 360 g/mol. The number of likely N-dealkylation sites (tertiary alicyclic amines) is 1. The van der Waals surface area contributed by atoms with Crippen molar-refractivity contribution in [3.05, 3.63) is 76.6 Å². The Labute approximate surface area is 160 Å². The van der Waals surface area contributed by atoms with E-state index in [9.17, 15) is 14.4 Å². The van der Waals surface area contributed by atoms with E-state index >= 15 is 0 Å². The molecule has 2 N–H and O–H groups in total. The minimum Gasteiger partial charge on any atom is -0.459 e. The average molecular weight is 380 g/mol. The number of carbonyl (C=O) groups is 2. The number of nitrogens with one attached hydrogen (secondary N) is 2. The summed E-state index contributed by atoms with van der Waals surface area (Å²) >= 11 is 0. The van der Waals surface area contributed by atoms with Crippen LogP contribution in [0.5, 0.6) is 0 Å². The number of hydrogen-bond acceptors (Lipinski definition) is 4. The Bertz CT molecular complexity index is 1020. The van der Waals surface area contributed by atoms with Gasteiger partial charge in [0.2, 0.25) is 0 Å². The lowest BCUT2D eigenvalue weighted by Gasteiger charge is -2.32. The summed E-state index contributed by atoms with van der Waals surface area (Å²) in [6.07, 6.45) is 3.00. The fraction of sp³-hybridized carbons (Fsp3) is 0.250. The summed E-state index contributed by atoms with van der Waals surface area (Å²) in [6.45, 7) is 1.02. The van der Waals surface area contributed by atoms with Crippen LogP contribution in [0, 0.1) is 0 Å². The molecule has 1 aromatic carbocycles. The molecular formula is C20H20N4O4. The van der Waals surface area contributed by atoms with Gasteiger partial charge in [-0.2, -0.15) is 0 Å². The van der Waals surface area contributed by atoms with Crippen LogP contribution in [0.4, 0.5) is 0 Å². The van der Waals surface area contributed by atoms with Gasteiger partial charge in [-0.1, -0.05) is 18.2 Å². The Hall–Kier alpha value is -3.55. The molecule has 0 bridgehead atoms. The van der Waals surface area contributed by atoms with Crippen molar-refractivity contribution >= 4 is 11.8 Å². The van der Waals surface area contributed by atoms with Crippen molar-refractivity contribution < 1.29 is 14.0 Å². The Balaban J connectivity index is 1.44. The van der Waals surface area contributed by atoms with E-state index in [0.717, 1.165) is 12.8 Å². The van der Waals surface area contributed by atoms with E-state index in [0.29, 0.717) is 18.8 Å². The van der Waals surface area contributed by atoms with Gasteiger partial charge >= 0.3 is 0 Å². The fourth-order valence-electron chi connectivity index (χ4n) is 3.38. The quantitative estimate of drug-likeness (QED) is 0.721. The van der Waals surface area contributed by atoms with Gasteiger partial charge in [0.05, 0.1) is 12.0 Å². The zero-order valence-corrected chi connectivity index (χ0v) is 15.1. The number of H-pyrrole nitrogens is 1. The Kier molecular flexibility index (Phi) is 4.84. The zero-order valence-electron chi connectivity index (χ0n) is 15.1. The molecule has 4 rings (SSSR count). The van der Waals surface area contributed by atoms with Crippen molar-refractivity contribution in [2.45, 2.75) is 18.9 Å². The number of para-hydroxylation sites is 1. The molecule has 28 heavy (non-hydrogen) atoms. The molecule has 0 saturated carbocycles. The molecule has 3 aromatic rings. The first-order valence-corrected chi connectivity index (χ1v) is 9.13. The third-order valence-corrected chi connectivity index (χ3v) is 4.76. The van der Waals surface area contributed by atoms with Crippen LogP contribution in [0.2, 0.25) is 0 Å². The summed E-state index contributed by atoms with van der Waals surface area (Å²) < 4.78 is 6.49. The number of nitrogens with zero attached hydrogens (tertiary/aromatic N) is 2. The average Bonchev–Trinajstić information content (AvgIpc) is 3.38. The topological polar surface area (TPSA) is 100 Å². The van der Waals surface area contributed by atoms with Gasteiger partial charge in [0.25, 0.3) is 17.4 Å². The number of aromatic nitrogens is 2. The summed E-state index contributed by atoms with van der Waals surface area (Å²) in [6, 6.07) is 13.4. The van der Waals surface area contributed by atoms with Gasteiger partial charge in [-0.3, -0.25) is 19.5 Å². The molecule has 1 saturated heterocycles. The van der Waals surface area contributed by atoms with Crippen LogP contribution in [-0.4, -0.2) is 45.6 Å². The van der Waals surface area contributed by atoms with E-state index < -0.39 is 0 Å². The third-order valence-electron chi connectivity index (χ3n) is 4.76. The lowest BCUT2D eigenvalue weighted by Crippen LogP contribution is -2.49. The number of rotatable bonds is 4. The largest absolute Gasteiger partial charge is 0.459 e. The Morgan fingerprint density at radius 1 is 1.14 bits per heavy atom. The number of hydrogen-bond donors (Lipinski definition) is 2. The first-order valence-electron chi connectivity index (χ1n) is 9.13. The SMILES string of the molecule is O=C(N[C@H]1CCCN(C(=O)c2ccco2)C1)c1cc(=O)n(-c2ccccc2)[nH]1. The van der Waals surface area contributed by atoms with Crippen LogP contribution >= 0.6 is 0 Å². The van der Waals surface area contributed by atoms with Gasteiger partial charge in [-0.25, -0.2) is 4.68 Å². The number of aromatic amines is 1. The summed E-state index contributed by atoms with van der Waals surface area (Å²) in [5.41, 5.74) is 0.525. The van der Waals surface area contributed by atoms with E-state index in [-0.39, 0.29) is 34.9 Å². The highest BCUT2D eigenvalue weighted by molar-refractivity contribution is 5.93. The number of furan rings is 1. The molecule has 8 nitrogen and oxygen atoms in total. The molecule has 0 spiro atoms. The summed E-state index contributed by atoms with van der Waals surface area (Å²) in [5.74, 6) is -0.270. The minimum absolute atomic E-state index is 0.184. The molecule has 2 amide bonds. The molecule has 1 fully saturated rings. The Morgan fingerprint density at radius 3 is 2.71 bits per heavy atom. The molecule has 0 aliphatic carbocycles. The molecule has 0 radical (unpaired) electrons. The number of carbonyl (C=O) groups excluding carboxylic acids is 2. The monoisotopic (exact) mass is 380 g/mol. The molecule has 2 aromatic heterocycles. The lowest BCUT2D eigenvalue weighted by molar-refractivity contribution is 0.0646. The standard InChI is InChI=1S/C20H20N4O4/c25-18-12-16(22-24(18)15-7-2-1-3-8-15)19(26)21-14-6-4-10-23(13-14)20(27)17-9-5-11-28-17/h1-3,5,7-9,11-12,14,22H,4,6,10,13H2,(H,21,26)/t14-/m0/s1. The van der Waals surface area contributed by atoms with Crippen LogP contribution < -0.4 is 10.9 Å². The van der Waals surface area contributed by atoms with Gasteiger partial charge in [-0.15, -0.1) is 0 Å². The van der Waals surface area contributed by atoms with Crippen molar-refractivity contribution in [2.75, 3.05) is 13.1 Å². The highest BCUT2D eigenvalue weighted by Crippen LogP contribution is 2.15. The van der Waals surface area contributed by atoms with Crippen molar-refractivity contribution in [3.8, 4) is 5.69 Å². The second kappa shape index (κ2) is 7.59. The highest BCUT2D eigenvalue weighted by atomic mass is 16.3. The maximum Gasteiger partial charge on any atom is 0.289 e. The van der Waals surface area contributed by atoms with Gasteiger partial charge in [0.15, 0.2) is 5.76 Å². The van der Waals surface area contributed by atoms with E-state index in [1.165, 1.54) is 17.0 Å². The van der Waals surface area contributed by atoms with Crippen molar-refractivity contribution in [3.63, 3.8) is 0 Å². The minimum atomic E-state index is -0.371. The number of amides is 2. The summed E-state index contributed by atoms with van der Waals surface area (Å²) in [5, 5.41) is 5.75. The predicted octanol–water partition coefficient (Wildman–Crippen LogP) is 1.79. The smallest absolute Gasteiger partial charge is 0.289 e. The van der Waals surface area contributed by atoms with Crippen molar-refractivity contribution in [1.82, 2.24) is 20.0 Å². The first kappa shape index (κ1) is 17.8. The number of piperidine rings is 1. The zero-order chi connectivity index (χ0) is 19.5. The van der Waals surface area contributed by atoms with Crippen LogP contribution in [0.15, 0.2) is 64.0 Å². The maximum atomic E-state index is 12.6. The lowest BCUT2D eigenvalue weighted by atomic mass is 10.1. The van der Waals surface area contributed by atoms with Crippen LogP contribution in [0.3, 0.4) is 0 Å². The summed E-state index contributed by atoms with van der Waals surface area (Å²) in [7, 11) is 0. The summed E-state index contributed by atoms with van der Waals surface area (Å²) in [4.78, 5) is 38.9. The fourth-order valence-corrected chi connectivity index (χ4v) is 3.38. The van der Waals surface area contributed by atoms with Crippen LogP contribution in [-0.2, 0) is 0 Å². The molecule has 1 aliphatic heterocycles. The Morgan fingerprint density at radius 2 is 1.96 bits per heavy atom. The number of benzene rings is 1. The second-order valence-electron chi connectivity index (χ2n) is 6.72. The van der Waals surface area contributed by atoms with Gasteiger partial charge in [0.1, 0.15) is 5.69 Å². The molecule has 0 unspecified atom stereocenters.